The first-order valence-corrected chi connectivity index (χ1v) is 6.73. The van der Waals surface area contributed by atoms with E-state index in [9.17, 15) is 14.7 Å². The molecular weight excluding hydrogens is 260 g/mol. The Bertz CT molecular complexity index is 454. The molecule has 7 nitrogen and oxygen atoms in total. The first-order valence-electron chi connectivity index (χ1n) is 6.73. The quantitative estimate of drug-likeness (QED) is 0.702. The number of aromatic nitrogens is 2. The van der Waals surface area contributed by atoms with Gasteiger partial charge in [0.2, 0.25) is 0 Å². The standard InChI is InChI=1S/C13H22N4O3/c1-4-9(5-2)6-14-13(20)16-11(12(18)19)10-7-15-17(3)8-10/h7-9,11H,4-6H2,1-3H3,(H,18,19)(H2,14,16,20). The summed E-state index contributed by atoms with van der Waals surface area (Å²) < 4.78 is 1.50. The molecule has 7 heteroatoms. The summed E-state index contributed by atoms with van der Waals surface area (Å²) in [7, 11) is 1.69. The van der Waals surface area contributed by atoms with Crippen LogP contribution < -0.4 is 10.6 Å². The summed E-state index contributed by atoms with van der Waals surface area (Å²) >= 11 is 0. The highest BCUT2D eigenvalue weighted by molar-refractivity contribution is 5.83. The van der Waals surface area contributed by atoms with E-state index in [1.165, 1.54) is 10.9 Å². The van der Waals surface area contributed by atoms with Crippen molar-refractivity contribution in [1.82, 2.24) is 20.4 Å². The van der Waals surface area contributed by atoms with Gasteiger partial charge in [-0.05, 0) is 5.92 Å². The van der Waals surface area contributed by atoms with E-state index in [-0.39, 0.29) is 0 Å². The molecule has 1 unspecified atom stereocenters. The number of aryl methyl sites for hydroxylation is 1. The number of urea groups is 1. The van der Waals surface area contributed by atoms with Crippen molar-refractivity contribution in [3.63, 3.8) is 0 Å². The maximum absolute atomic E-state index is 11.8. The van der Waals surface area contributed by atoms with Gasteiger partial charge >= 0.3 is 12.0 Å². The van der Waals surface area contributed by atoms with E-state index >= 15 is 0 Å². The van der Waals surface area contributed by atoms with E-state index < -0.39 is 18.0 Å². The van der Waals surface area contributed by atoms with Crippen molar-refractivity contribution in [2.24, 2.45) is 13.0 Å². The monoisotopic (exact) mass is 282 g/mol. The van der Waals surface area contributed by atoms with Gasteiger partial charge < -0.3 is 15.7 Å². The van der Waals surface area contributed by atoms with Crippen molar-refractivity contribution in [2.45, 2.75) is 32.7 Å². The second kappa shape index (κ2) is 7.52. The van der Waals surface area contributed by atoms with Crippen LogP contribution in [-0.4, -0.2) is 33.4 Å². The van der Waals surface area contributed by atoms with Gasteiger partial charge in [0.25, 0.3) is 0 Å². The van der Waals surface area contributed by atoms with Gasteiger partial charge in [0, 0.05) is 25.4 Å². The molecule has 0 aliphatic rings. The van der Waals surface area contributed by atoms with Crippen LogP contribution in [0.1, 0.15) is 38.3 Å². The zero-order valence-electron chi connectivity index (χ0n) is 12.1. The number of rotatable bonds is 7. The number of hydrogen-bond donors (Lipinski definition) is 3. The molecule has 112 valence electrons. The summed E-state index contributed by atoms with van der Waals surface area (Å²) in [4.78, 5) is 23.0. The maximum Gasteiger partial charge on any atom is 0.331 e. The van der Waals surface area contributed by atoms with Crippen LogP contribution >= 0.6 is 0 Å². The minimum atomic E-state index is -1.12. The number of amides is 2. The Kier molecular flexibility index (Phi) is 6.02. The van der Waals surface area contributed by atoms with Gasteiger partial charge in [0.05, 0.1) is 6.20 Å². The Morgan fingerprint density at radius 1 is 1.40 bits per heavy atom. The van der Waals surface area contributed by atoms with Crippen LogP contribution in [0.15, 0.2) is 12.4 Å². The average Bonchev–Trinajstić information content (AvgIpc) is 2.83. The number of carbonyl (C=O) groups excluding carboxylic acids is 1. The van der Waals surface area contributed by atoms with Crippen molar-refractivity contribution in [3.8, 4) is 0 Å². The van der Waals surface area contributed by atoms with Crippen molar-refractivity contribution in [1.29, 1.82) is 0 Å². The fourth-order valence-electron chi connectivity index (χ4n) is 1.87. The van der Waals surface area contributed by atoms with Crippen molar-refractivity contribution >= 4 is 12.0 Å². The Labute approximate surface area is 118 Å². The lowest BCUT2D eigenvalue weighted by molar-refractivity contribution is -0.139. The predicted molar refractivity (Wildman–Crippen MR) is 74.2 cm³/mol. The van der Waals surface area contributed by atoms with Crippen LogP contribution in [0, 0.1) is 5.92 Å². The number of nitrogens with one attached hydrogen (secondary N) is 2. The first kappa shape index (κ1) is 16.0. The molecular formula is C13H22N4O3. The normalized spacial score (nSPS) is 12.2. The van der Waals surface area contributed by atoms with Gasteiger partial charge in [-0.3, -0.25) is 4.68 Å². The van der Waals surface area contributed by atoms with Crippen LogP contribution in [0.3, 0.4) is 0 Å². The molecule has 0 fully saturated rings. The van der Waals surface area contributed by atoms with Crippen LogP contribution in [0.5, 0.6) is 0 Å². The number of hydrogen-bond acceptors (Lipinski definition) is 3. The molecule has 2 amide bonds. The zero-order valence-corrected chi connectivity index (χ0v) is 12.1. The highest BCUT2D eigenvalue weighted by Crippen LogP contribution is 2.12. The van der Waals surface area contributed by atoms with Crippen LogP contribution in [0.4, 0.5) is 4.79 Å². The summed E-state index contributed by atoms with van der Waals surface area (Å²) in [5, 5.41) is 18.2. The Morgan fingerprint density at radius 3 is 2.50 bits per heavy atom. The molecule has 0 aromatic carbocycles. The maximum atomic E-state index is 11.8. The lowest BCUT2D eigenvalue weighted by Gasteiger charge is -2.16. The molecule has 3 N–H and O–H groups in total. The minimum Gasteiger partial charge on any atom is -0.479 e. The van der Waals surface area contributed by atoms with Gasteiger partial charge in [-0.25, -0.2) is 9.59 Å². The Hall–Kier alpha value is -2.05. The number of carboxylic acid groups (broad SMARTS) is 1. The predicted octanol–water partition coefficient (Wildman–Crippen LogP) is 1.28. The molecule has 1 rings (SSSR count). The fraction of sp³-hybridized carbons (Fsp3) is 0.615. The summed E-state index contributed by atoms with van der Waals surface area (Å²) in [5.41, 5.74) is 0.442. The van der Waals surface area contributed by atoms with E-state index in [4.69, 9.17) is 0 Å². The molecule has 0 saturated carbocycles. The summed E-state index contributed by atoms with van der Waals surface area (Å²) in [6.07, 6.45) is 4.95. The number of nitrogens with zero attached hydrogens (tertiary/aromatic N) is 2. The van der Waals surface area contributed by atoms with Crippen LogP contribution in [-0.2, 0) is 11.8 Å². The van der Waals surface area contributed by atoms with Gasteiger partial charge in [-0.2, -0.15) is 5.10 Å². The van der Waals surface area contributed by atoms with Crippen LogP contribution in [0.25, 0.3) is 0 Å². The number of carboxylic acids is 1. The summed E-state index contributed by atoms with van der Waals surface area (Å²) in [5.74, 6) is -0.710. The minimum absolute atomic E-state index is 0.405. The lowest BCUT2D eigenvalue weighted by Crippen LogP contribution is -2.42. The van der Waals surface area contributed by atoms with Gasteiger partial charge in [0.1, 0.15) is 0 Å². The topological polar surface area (TPSA) is 96.2 Å². The first-order chi connectivity index (χ1) is 9.47. The Balaban J connectivity index is 2.58. The molecule has 1 heterocycles. The van der Waals surface area contributed by atoms with E-state index in [2.05, 4.69) is 29.6 Å². The molecule has 20 heavy (non-hydrogen) atoms. The highest BCUT2D eigenvalue weighted by atomic mass is 16.4. The van der Waals surface area contributed by atoms with Crippen LogP contribution in [0.2, 0.25) is 0 Å². The third-order valence-corrected chi connectivity index (χ3v) is 3.29. The summed E-state index contributed by atoms with van der Waals surface area (Å²) in [6.45, 7) is 4.66. The average molecular weight is 282 g/mol. The number of carbonyl (C=O) groups is 2. The molecule has 0 spiro atoms. The largest absolute Gasteiger partial charge is 0.479 e. The third-order valence-electron chi connectivity index (χ3n) is 3.29. The SMILES string of the molecule is CCC(CC)CNC(=O)NC(C(=O)O)c1cnn(C)c1. The third kappa shape index (κ3) is 4.56. The molecule has 0 saturated heterocycles. The molecule has 1 atom stereocenters. The van der Waals surface area contributed by atoms with E-state index in [0.717, 1.165) is 12.8 Å². The van der Waals surface area contributed by atoms with E-state index in [1.807, 2.05) is 0 Å². The second-order valence-electron chi connectivity index (χ2n) is 4.76. The molecule has 0 radical (unpaired) electrons. The van der Waals surface area contributed by atoms with Crippen molar-refractivity contribution < 1.29 is 14.7 Å². The Morgan fingerprint density at radius 2 is 2.05 bits per heavy atom. The van der Waals surface area contributed by atoms with Gasteiger partial charge in [-0.1, -0.05) is 26.7 Å². The fourth-order valence-corrected chi connectivity index (χ4v) is 1.87. The van der Waals surface area contributed by atoms with Crippen molar-refractivity contribution in [2.75, 3.05) is 6.54 Å². The molecule has 0 bridgehead atoms. The molecule has 0 aliphatic carbocycles. The second-order valence-corrected chi connectivity index (χ2v) is 4.76. The lowest BCUT2D eigenvalue weighted by atomic mass is 10.0. The van der Waals surface area contributed by atoms with E-state index in [0.29, 0.717) is 18.0 Å². The zero-order chi connectivity index (χ0) is 15.1. The number of aliphatic carboxylic acids is 1. The molecule has 0 aliphatic heterocycles. The van der Waals surface area contributed by atoms with Gasteiger partial charge in [-0.15, -0.1) is 0 Å². The van der Waals surface area contributed by atoms with Gasteiger partial charge in [0.15, 0.2) is 6.04 Å². The molecule has 1 aromatic heterocycles. The smallest absolute Gasteiger partial charge is 0.331 e. The highest BCUT2D eigenvalue weighted by Gasteiger charge is 2.23. The molecule has 1 aromatic rings. The summed E-state index contributed by atoms with van der Waals surface area (Å²) in [6, 6.07) is -1.57. The van der Waals surface area contributed by atoms with Crippen molar-refractivity contribution in [3.05, 3.63) is 18.0 Å². The van der Waals surface area contributed by atoms with E-state index in [1.54, 1.807) is 13.2 Å².